The Kier molecular flexibility index (Phi) is 11.6. The number of hydrogen-bond acceptors (Lipinski definition) is 5. The molecule has 0 aliphatic carbocycles. The van der Waals surface area contributed by atoms with E-state index in [0.717, 1.165) is 40.8 Å². The second kappa shape index (κ2) is 14.1. The maximum absolute atomic E-state index is 12.7. The van der Waals surface area contributed by atoms with E-state index in [1.807, 2.05) is 50.2 Å². The third-order valence-electron chi connectivity index (χ3n) is 5.23. The molecule has 0 spiro atoms. The maximum atomic E-state index is 12.7. The van der Waals surface area contributed by atoms with Gasteiger partial charge in [-0.1, -0.05) is 44.2 Å². The predicted molar refractivity (Wildman–Crippen MR) is 145 cm³/mol. The van der Waals surface area contributed by atoms with Gasteiger partial charge in [-0.15, -0.1) is 11.6 Å². The number of alkyl halides is 1. The van der Waals surface area contributed by atoms with Crippen molar-refractivity contribution in [2.75, 3.05) is 19.1 Å². The molecule has 7 heteroatoms. The van der Waals surface area contributed by atoms with E-state index >= 15 is 0 Å². The van der Waals surface area contributed by atoms with Crippen LogP contribution >= 0.6 is 11.6 Å². The molecule has 0 aliphatic heterocycles. The molecular weight excluding hydrogens is 478 g/mol. The Labute approximate surface area is 220 Å². The number of hydrogen-bond donors (Lipinski definition) is 1. The summed E-state index contributed by atoms with van der Waals surface area (Å²) in [6.07, 6.45) is 1.52. The summed E-state index contributed by atoms with van der Waals surface area (Å²) in [6.45, 7) is 12.3. The Morgan fingerprint density at radius 2 is 1.72 bits per heavy atom. The fourth-order valence-electron chi connectivity index (χ4n) is 3.48. The molecule has 2 rings (SSSR count). The van der Waals surface area contributed by atoms with Crippen LogP contribution in [0.5, 0.6) is 5.75 Å². The van der Waals surface area contributed by atoms with Crippen molar-refractivity contribution in [1.29, 1.82) is 0 Å². The first-order valence-corrected chi connectivity index (χ1v) is 13.1. The van der Waals surface area contributed by atoms with Crippen LogP contribution in [0.2, 0.25) is 0 Å². The molecule has 0 saturated carbocycles. The zero-order valence-electron chi connectivity index (χ0n) is 22.4. The first kappa shape index (κ1) is 29.5. The summed E-state index contributed by atoms with van der Waals surface area (Å²) in [5.74, 6) is 1.21. The number of ether oxygens (including phenoxy) is 3. The fourth-order valence-corrected chi connectivity index (χ4v) is 3.67. The Bertz CT molecular complexity index is 982. The molecule has 2 aromatic rings. The van der Waals surface area contributed by atoms with E-state index < -0.39 is 23.7 Å². The molecule has 0 aliphatic rings. The van der Waals surface area contributed by atoms with Gasteiger partial charge >= 0.3 is 12.1 Å². The van der Waals surface area contributed by atoms with E-state index in [9.17, 15) is 9.59 Å². The van der Waals surface area contributed by atoms with Gasteiger partial charge in [0.15, 0.2) is 0 Å². The average molecular weight is 518 g/mol. The molecule has 0 aromatic heterocycles. The molecule has 0 bridgehead atoms. The topological polar surface area (TPSA) is 73.9 Å². The van der Waals surface area contributed by atoms with Gasteiger partial charge in [-0.3, -0.25) is 0 Å². The molecular formula is C29H40ClNO5. The number of nitrogens with one attached hydrogen (secondary N) is 1. The average Bonchev–Trinajstić information content (AvgIpc) is 2.79. The standard InChI is InChI=1S/C29H40ClNO5/c1-20(2)19-35-27(32)26(31-28(33)36-29(4,5)6)18-22-9-11-23(12-10-22)25-14-13-24(17-21(25)3)34-16-8-7-15-30/h9-14,17,20,26H,7-8,15-16,18-19H2,1-6H3,(H,31,33)/t26-/m0/s1. The molecule has 0 heterocycles. The number of carbonyl (C=O) groups is 2. The molecule has 1 N–H and O–H groups in total. The van der Waals surface area contributed by atoms with E-state index in [4.69, 9.17) is 25.8 Å². The monoisotopic (exact) mass is 517 g/mol. The third-order valence-corrected chi connectivity index (χ3v) is 5.50. The highest BCUT2D eigenvalue weighted by Crippen LogP contribution is 2.27. The number of halogens is 1. The summed E-state index contributed by atoms with van der Waals surface area (Å²) >= 11 is 5.72. The van der Waals surface area contributed by atoms with Crippen LogP contribution in [0, 0.1) is 12.8 Å². The van der Waals surface area contributed by atoms with Crippen LogP contribution < -0.4 is 10.1 Å². The van der Waals surface area contributed by atoms with Crippen LogP contribution in [0.15, 0.2) is 42.5 Å². The highest BCUT2D eigenvalue weighted by molar-refractivity contribution is 6.17. The van der Waals surface area contributed by atoms with Gasteiger partial charge in [0, 0.05) is 12.3 Å². The molecule has 0 unspecified atom stereocenters. The van der Waals surface area contributed by atoms with Gasteiger partial charge in [0.1, 0.15) is 17.4 Å². The van der Waals surface area contributed by atoms with Crippen LogP contribution in [-0.4, -0.2) is 42.8 Å². The highest BCUT2D eigenvalue weighted by Gasteiger charge is 2.26. The SMILES string of the molecule is Cc1cc(OCCCCCl)ccc1-c1ccc(C[C@H](NC(=O)OC(C)(C)C)C(=O)OCC(C)C)cc1. The normalized spacial score (nSPS) is 12.2. The molecule has 1 atom stereocenters. The van der Waals surface area contributed by atoms with Crippen LogP contribution in [0.1, 0.15) is 58.6 Å². The fraction of sp³-hybridized carbons (Fsp3) is 0.517. The minimum atomic E-state index is -0.846. The highest BCUT2D eigenvalue weighted by atomic mass is 35.5. The Balaban J connectivity index is 2.10. The number of unbranched alkanes of at least 4 members (excludes halogenated alkanes) is 1. The van der Waals surface area contributed by atoms with Gasteiger partial charge in [0.05, 0.1) is 13.2 Å². The van der Waals surface area contributed by atoms with E-state index in [0.29, 0.717) is 18.9 Å². The van der Waals surface area contributed by atoms with Crippen molar-refractivity contribution in [3.05, 3.63) is 53.6 Å². The van der Waals surface area contributed by atoms with Gasteiger partial charge in [-0.05, 0) is 80.8 Å². The largest absolute Gasteiger partial charge is 0.494 e. The lowest BCUT2D eigenvalue weighted by molar-refractivity contribution is -0.147. The van der Waals surface area contributed by atoms with E-state index in [1.165, 1.54) is 0 Å². The molecule has 0 fully saturated rings. The van der Waals surface area contributed by atoms with Crippen LogP contribution in [-0.2, 0) is 20.7 Å². The summed E-state index contributed by atoms with van der Waals surface area (Å²) in [6, 6.07) is 13.2. The zero-order chi connectivity index (χ0) is 26.7. The van der Waals surface area contributed by atoms with E-state index in [-0.39, 0.29) is 12.5 Å². The van der Waals surface area contributed by atoms with Crippen LogP contribution in [0.4, 0.5) is 4.79 Å². The van der Waals surface area contributed by atoms with Crippen molar-refractivity contribution in [2.24, 2.45) is 5.92 Å². The molecule has 0 radical (unpaired) electrons. The quantitative estimate of drug-likeness (QED) is 0.193. The summed E-state index contributed by atoms with van der Waals surface area (Å²) in [5.41, 5.74) is 3.51. The number of amides is 1. The number of rotatable bonds is 12. The summed E-state index contributed by atoms with van der Waals surface area (Å²) in [4.78, 5) is 25.1. The minimum Gasteiger partial charge on any atom is -0.494 e. The lowest BCUT2D eigenvalue weighted by Crippen LogP contribution is -2.45. The van der Waals surface area contributed by atoms with Crippen molar-refractivity contribution in [1.82, 2.24) is 5.32 Å². The number of alkyl carbamates (subject to hydrolysis) is 1. The van der Waals surface area contributed by atoms with Crippen molar-refractivity contribution in [2.45, 2.75) is 72.4 Å². The first-order valence-electron chi connectivity index (χ1n) is 12.5. The van der Waals surface area contributed by atoms with Crippen molar-refractivity contribution >= 4 is 23.7 Å². The minimum absolute atomic E-state index is 0.195. The van der Waals surface area contributed by atoms with Crippen molar-refractivity contribution < 1.29 is 23.8 Å². The molecule has 0 saturated heterocycles. The van der Waals surface area contributed by atoms with Crippen molar-refractivity contribution in [3.63, 3.8) is 0 Å². The number of aryl methyl sites for hydroxylation is 1. The van der Waals surface area contributed by atoms with E-state index in [1.54, 1.807) is 20.8 Å². The predicted octanol–water partition coefficient (Wildman–Crippen LogP) is 6.69. The van der Waals surface area contributed by atoms with E-state index in [2.05, 4.69) is 18.3 Å². The Morgan fingerprint density at radius 3 is 2.31 bits per heavy atom. The Hall–Kier alpha value is -2.73. The van der Waals surface area contributed by atoms with Crippen molar-refractivity contribution in [3.8, 4) is 16.9 Å². The van der Waals surface area contributed by atoms with Gasteiger partial charge in [0.2, 0.25) is 0 Å². The lowest BCUT2D eigenvalue weighted by Gasteiger charge is -2.23. The molecule has 36 heavy (non-hydrogen) atoms. The van der Waals surface area contributed by atoms with Crippen LogP contribution in [0.3, 0.4) is 0 Å². The lowest BCUT2D eigenvalue weighted by atomic mass is 9.97. The Morgan fingerprint density at radius 1 is 1.03 bits per heavy atom. The maximum Gasteiger partial charge on any atom is 0.408 e. The van der Waals surface area contributed by atoms with Gasteiger partial charge < -0.3 is 19.5 Å². The molecule has 1 amide bonds. The number of benzene rings is 2. The smallest absolute Gasteiger partial charge is 0.408 e. The summed E-state index contributed by atoms with van der Waals surface area (Å²) in [7, 11) is 0. The first-order chi connectivity index (χ1) is 17.0. The zero-order valence-corrected chi connectivity index (χ0v) is 23.1. The second-order valence-corrected chi connectivity index (χ2v) is 10.7. The van der Waals surface area contributed by atoms with Gasteiger partial charge in [0.25, 0.3) is 0 Å². The molecule has 198 valence electrons. The number of carbonyl (C=O) groups excluding carboxylic acids is 2. The number of esters is 1. The summed E-state index contributed by atoms with van der Waals surface area (Å²) in [5, 5.41) is 2.67. The van der Waals surface area contributed by atoms with Gasteiger partial charge in [-0.25, -0.2) is 9.59 Å². The summed E-state index contributed by atoms with van der Waals surface area (Å²) < 4.78 is 16.6. The second-order valence-electron chi connectivity index (χ2n) is 10.3. The molecule has 6 nitrogen and oxygen atoms in total. The molecule has 2 aromatic carbocycles. The van der Waals surface area contributed by atoms with Crippen LogP contribution in [0.25, 0.3) is 11.1 Å². The third kappa shape index (κ3) is 10.5. The van der Waals surface area contributed by atoms with Gasteiger partial charge in [-0.2, -0.15) is 0 Å².